The Bertz CT molecular complexity index is 1100. The van der Waals surface area contributed by atoms with Gasteiger partial charge in [0.25, 0.3) is 10.0 Å². The van der Waals surface area contributed by atoms with E-state index in [9.17, 15) is 12.8 Å². The number of aryl methyl sites for hydroxylation is 1. The lowest BCUT2D eigenvalue weighted by molar-refractivity contribution is 0.588. The predicted molar refractivity (Wildman–Crippen MR) is 109 cm³/mol. The van der Waals surface area contributed by atoms with E-state index in [2.05, 4.69) is 4.98 Å². The summed E-state index contributed by atoms with van der Waals surface area (Å²) in [7, 11) is -3.89. The molecule has 3 rings (SSSR count). The molecule has 27 heavy (non-hydrogen) atoms. The number of aromatic nitrogens is 2. The zero-order valence-corrected chi connectivity index (χ0v) is 17.5. The van der Waals surface area contributed by atoms with Gasteiger partial charge in [0.15, 0.2) is 5.65 Å². The number of benzene rings is 1. The Morgan fingerprint density at radius 2 is 1.70 bits per heavy atom. The monoisotopic (exact) mass is 408 g/mol. The van der Waals surface area contributed by atoms with Crippen molar-refractivity contribution in [3.63, 3.8) is 0 Å². The summed E-state index contributed by atoms with van der Waals surface area (Å²) in [6, 6.07) is 8.05. The van der Waals surface area contributed by atoms with Gasteiger partial charge in [-0.25, -0.2) is 21.8 Å². The van der Waals surface area contributed by atoms with Gasteiger partial charge in [0.2, 0.25) is 0 Å². The standard InChI is InChI=1S/C18H16ClFN2O2S.C2H6/c1-11-4-6-14(7-5-11)25(23,24)22-10-15(12(2)13(3)20)17-16(19)8-9-21-18(17)22;1-2/h4-10H,1-3H3;1-2H3/b13-12-;. The van der Waals surface area contributed by atoms with Gasteiger partial charge >= 0.3 is 0 Å². The number of halogens is 2. The maximum atomic E-state index is 13.8. The molecule has 144 valence electrons. The van der Waals surface area contributed by atoms with Crippen LogP contribution >= 0.6 is 11.6 Å². The summed E-state index contributed by atoms with van der Waals surface area (Å²) < 4.78 is 40.9. The lowest BCUT2D eigenvalue weighted by atomic mass is 10.1. The topological polar surface area (TPSA) is 52.0 Å². The van der Waals surface area contributed by atoms with Gasteiger partial charge in [-0.15, -0.1) is 0 Å². The molecule has 0 aliphatic rings. The van der Waals surface area contributed by atoms with Crippen molar-refractivity contribution in [3.8, 4) is 0 Å². The van der Waals surface area contributed by atoms with Crippen LogP contribution in [0.3, 0.4) is 0 Å². The first-order valence-corrected chi connectivity index (χ1v) is 10.4. The summed E-state index contributed by atoms with van der Waals surface area (Å²) in [5.41, 5.74) is 1.84. The fourth-order valence-electron chi connectivity index (χ4n) is 2.56. The minimum Gasteiger partial charge on any atom is -0.237 e. The Morgan fingerprint density at radius 3 is 2.26 bits per heavy atom. The molecule has 0 spiro atoms. The minimum absolute atomic E-state index is 0.127. The molecular weight excluding hydrogens is 387 g/mol. The Balaban J connectivity index is 0.00000126. The lowest BCUT2D eigenvalue weighted by Crippen LogP contribution is -2.12. The van der Waals surface area contributed by atoms with E-state index in [1.54, 1.807) is 25.1 Å². The van der Waals surface area contributed by atoms with Gasteiger partial charge in [0.05, 0.1) is 9.92 Å². The summed E-state index contributed by atoms with van der Waals surface area (Å²) >= 11 is 6.25. The van der Waals surface area contributed by atoms with Crippen LogP contribution in [0.4, 0.5) is 4.39 Å². The molecule has 7 heteroatoms. The van der Waals surface area contributed by atoms with E-state index in [0.29, 0.717) is 21.5 Å². The smallest absolute Gasteiger partial charge is 0.237 e. The van der Waals surface area contributed by atoms with Crippen molar-refractivity contribution < 1.29 is 12.8 Å². The maximum absolute atomic E-state index is 13.8. The summed E-state index contributed by atoms with van der Waals surface area (Å²) in [6.45, 7) is 8.77. The molecular formula is C20H22ClFN2O2S. The molecule has 0 N–H and O–H groups in total. The van der Waals surface area contributed by atoms with Gasteiger partial charge in [-0.2, -0.15) is 0 Å². The van der Waals surface area contributed by atoms with Crippen LogP contribution in [0.25, 0.3) is 16.6 Å². The quantitative estimate of drug-likeness (QED) is 0.535. The summed E-state index contributed by atoms with van der Waals surface area (Å²) in [6.07, 6.45) is 2.80. The Kier molecular flexibility index (Phi) is 6.44. The summed E-state index contributed by atoms with van der Waals surface area (Å²) in [5, 5.41) is 0.729. The predicted octanol–water partition coefficient (Wildman–Crippen LogP) is 5.98. The van der Waals surface area contributed by atoms with Gasteiger partial charge in [0.1, 0.15) is 5.83 Å². The molecule has 0 amide bonds. The van der Waals surface area contributed by atoms with Crippen LogP contribution in [-0.2, 0) is 10.0 Å². The van der Waals surface area contributed by atoms with Crippen LogP contribution in [0.1, 0.15) is 38.8 Å². The number of nitrogens with zero attached hydrogens (tertiary/aromatic N) is 2. The first-order valence-electron chi connectivity index (χ1n) is 8.54. The molecule has 4 nitrogen and oxygen atoms in total. The minimum atomic E-state index is -3.89. The molecule has 3 aromatic rings. The van der Waals surface area contributed by atoms with E-state index >= 15 is 0 Å². The molecule has 2 heterocycles. The van der Waals surface area contributed by atoms with Gasteiger partial charge in [0, 0.05) is 23.3 Å². The molecule has 2 aromatic heterocycles. The van der Waals surface area contributed by atoms with Crippen LogP contribution < -0.4 is 0 Å². The number of rotatable bonds is 3. The van der Waals surface area contributed by atoms with Gasteiger partial charge < -0.3 is 0 Å². The largest absolute Gasteiger partial charge is 0.269 e. The third kappa shape index (κ3) is 3.92. The molecule has 0 atom stereocenters. The second kappa shape index (κ2) is 8.23. The fraction of sp³-hybridized carbons (Fsp3) is 0.250. The van der Waals surface area contributed by atoms with E-state index < -0.39 is 15.9 Å². The summed E-state index contributed by atoms with van der Waals surface area (Å²) in [5.74, 6) is -0.410. The highest BCUT2D eigenvalue weighted by Gasteiger charge is 2.24. The number of pyridine rings is 1. The van der Waals surface area contributed by atoms with Crippen molar-refractivity contribution in [1.82, 2.24) is 8.96 Å². The molecule has 1 aromatic carbocycles. The van der Waals surface area contributed by atoms with Crippen molar-refractivity contribution in [2.75, 3.05) is 0 Å². The van der Waals surface area contributed by atoms with Gasteiger partial charge in [-0.05, 0) is 44.5 Å². The summed E-state index contributed by atoms with van der Waals surface area (Å²) in [4.78, 5) is 4.29. The maximum Gasteiger partial charge on any atom is 0.269 e. The third-order valence-electron chi connectivity index (χ3n) is 4.10. The van der Waals surface area contributed by atoms with E-state index in [4.69, 9.17) is 11.6 Å². The Morgan fingerprint density at radius 1 is 1.11 bits per heavy atom. The highest BCUT2D eigenvalue weighted by molar-refractivity contribution is 7.90. The average molecular weight is 409 g/mol. The first kappa shape index (κ1) is 21.1. The van der Waals surface area contributed by atoms with E-state index in [1.807, 2.05) is 20.8 Å². The van der Waals surface area contributed by atoms with Crippen LogP contribution in [-0.4, -0.2) is 17.4 Å². The third-order valence-corrected chi connectivity index (χ3v) is 6.08. The van der Waals surface area contributed by atoms with Crippen LogP contribution in [0.5, 0.6) is 0 Å². The van der Waals surface area contributed by atoms with Crippen molar-refractivity contribution in [2.24, 2.45) is 0 Å². The fourth-order valence-corrected chi connectivity index (χ4v) is 4.12. The van der Waals surface area contributed by atoms with Crippen molar-refractivity contribution in [2.45, 2.75) is 39.5 Å². The highest BCUT2D eigenvalue weighted by atomic mass is 35.5. The Hall–Kier alpha value is -2.18. The molecule has 0 bridgehead atoms. The molecule has 0 aliphatic carbocycles. The van der Waals surface area contributed by atoms with E-state index in [-0.39, 0.29) is 10.5 Å². The van der Waals surface area contributed by atoms with Crippen molar-refractivity contribution >= 4 is 38.2 Å². The Labute approximate surface area is 164 Å². The zero-order valence-electron chi connectivity index (χ0n) is 15.9. The lowest BCUT2D eigenvalue weighted by Gasteiger charge is -2.07. The van der Waals surface area contributed by atoms with Crippen molar-refractivity contribution in [3.05, 3.63) is 64.7 Å². The molecule has 0 radical (unpaired) electrons. The highest BCUT2D eigenvalue weighted by Crippen LogP contribution is 2.34. The second-order valence-electron chi connectivity index (χ2n) is 5.81. The number of allylic oxidation sites excluding steroid dienone is 2. The van der Waals surface area contributed by atoms with Crippen LogP contribution in [0.15, 0.2) is 53.4 Å². The normalized spacial score (nSPS) is 12.4. The van der Waals surface area contributed by atoms with Gasteiger partial charge in [-0.3, -0.25) is 0 Å². The van der Waals surface area contributed by atoms with E-state index in [1.165, 1.54) is 31.5 Å². The zero-order chi connectivity index (χ0) is 20.4. The molecule has 0 aliphatic heterocycles. The molecule has 0 saturated heterocycles. The number of fused-ring (bicyclic) bond motifs is 1. The van der Waals surface area contributed by atoms with E-state index in [0.717, 1.165) is 9.54 Å². The molecule has 0 saturated carbocycles. The number of hydrogen-bond donors (Lipinski definition) is 0. The van der Waals surface area contributed by atoms with Crippen molar-refractivity contribution in [1.29, 1.82) is 0 Å². The second-order valence-corrected chi connectivity index (χ2v) is 8.03. The SMILES string of the molecule is C/C(F)=C(\C)c1cn(S(=O)(=O)c2ccc(C)cc2)c2nccc(Cl)c12.CC. The average Bonchev–Trinajstić information content (AvgIpc) is 3.05. The molecule has 0 unspecified atom stereocenters. The molecule has 0 fully saturated rings. The van der Waals surface area contributed by atoms with Gasteiger partial charge in [-0.1, -0.05) is 43.1 Å². The number of hydrogen-bond acceptors (Lipinski definition) is 3. The van der Waals surface area contributed by atoms with Crippen LogP contribution in [0.2, 0.25) is 5.02 Å². The van der Waals surface area contributed by atoms with Crippen LogP contribution in [0, 0.1) is 6.92 Å². The first-order chi connectivity index (χ1) is 12.7.